The molecule has 1 aromatic heterocycles. The molecule has 1 unspecified atom stereocenters. The number of hydrogen-bond donors (Lipinski definition) is 0. The molecule has 10 heteroatoms. The molecule has 0 aliphatic carbocycles. The summed E-state index contributed by atoms with van der Waals surface area (Å²) >= 11 is 12.6. The Bertz CT molecular complexity index is 1380. The summed E-state index contributed by atoms with van der Waals surface area (Å²) in [6, 6.07) is 11.4. The van der Waals surface area contributed by atoms with Gasteiger partial charge in [0.05, 0.1) is 23.4 Å². The maximum absolute atomic E-state index is 13.4. The van der Waals surface area contributed by atoms with E-state index < -0.39 is 17.7 Å². The Balaban J connectivity index is 1.27. The quantitative estimate of drug-likeness (QED) is 0.384. The van der Waals surface area contributed by atoms with Crippen molar-refractivity contribution in [3.8, 4) is 0 Å². The normalized spacial score (nSPS) is 19.0. The molecule has 5 rings (SSSR count). The van der Waals surface area contributed by atoms with Gasteiger partial charge in [-0.25, -0.2) is 9.78 Å². The summed E-state index contributed by atoms with van der Waals surface area (Å²) in [6.07, 6.45) is 2.92. The highest BCUT2D eigenvalue weighted by Gasteiger charge is 2.39. The highest BCUT2D eigenvalue weighted by atomic mass is 35.5. The van der Waals surface area contributed by atoms with Crippen LogP contribution in [0.5, 0.6) is 0 Å². The maximum atomic E-state index is 13.4. The topological polar surface area (TPSA) is 70.9 Å². The molecule has 2 aliphatic rings. The Labute approximate surface area is 239 Å². The molecule has 0 N–H and O–H groups in total. The maximum Gasteiger partial charge on any atom is 0.410 e. The number of amides is 2. The predicted octanol–water partition coefficient (Wildman–Crippen LogP) is 6.00. The van der Waals surface area contributed by atoms with Gasteiger partial charge in [0.25, 0.3) is 0 Å². The Morgan fingerprint density at radius 3 is 2.46 bits per heavy atom. The fourth-order valence-corrected chi connectivity index (χ4v) is 6.03. The third-order valence-corrected chi connectivity index (χ3v) is 8.07. The van der Waals surface area contributed by atoms with Crippen molar-refractivity contribution in [2.24, 2.45) is 0 Å². The second-order valence-corrected chi connectivity index (χ2v) is 12.2. The van der Waals surface area contributed by atoms with Gasteiger partial charge in [0.2, 0.25) is 5.91 Å². The van der Waals surface area contributed by atoms with Gasteiger partial charge in [-0.1, -0.05) is 29.3 Å². The van der Waals surface area contributed by atoms with Crippen molar-refractivity contribution in [3.63, 3.8) is 0 Å². The zero-order valence-electron chi connectivity index (χ0n) is 22.9. The summed E-state index contributed by atoms with van der Waals surface area (Å²) in [5.74, 6) is 0.0141. The van der Waals surface area contributed by atoms with Crippen LogP contribution in [-0.4, -0.2) is 75.7 Å². The standard InChI is InChI=1S/C29H35Cl2N5O3/c1-19(22-9-7-20(30)16-23(22)31)36-18-32-24-10-8-21(17-26(24)36)33-12-14-34(15-13-33)27(37)25-6-5-11-35(25)28(38)39-29(2,3)4/h7-10,16-19,25H,5-6,11-15H2,1-4H3/t19-,25?/m1/s1. The number of rotatable bonds is 4. The number of imidazole rings is 1. The first-order chi connectivity index (χ1) is 18.5. The van der Waals surface area contributed by atoms with E-state index in [9.17, 15) is 9.59 Å². The zero-order valence-corrected chi connectivity index (χ0v) is 24.4. The van der Waals surface area contributed by atoms with Gasteiger partial charge in [-0.05, 0) is 76.4 Å². The van der Waals surface area contributed by atoms with Crippen LogP contribution in [0.4, 0.5) is 10.5 Å². The monoisotopic (exact) mass is 571 g/mol. The zero-order chi connectivity index (χ0) is 27.9. The highest BCUT2D eigenvalue weighted by molar-refractivity contribution is 6.35. The van der Waals surface area contributed by atoms with E-state index in [-0.39, 0.29) is 11.9 Å². The summed E-state index contributed by atoms with van der Waals surface area (Å²) in [5, 5.41) is 1.23. The molecule has 2 atom stereocenters. The predicted molar refractivity (Wildman–Crippen MR) is 155 cm³/mol. The average molecular weight is 573 g/mol. The molecule has 2 saturated heterocycles. The van der Waals surface area contributed by atoms with Gasteiger partial charge in [-0.15, -0.1) is 0 Å². The number of nitrogens with zero attached hydrogens (tertiary/aromatic N) is 5. The SMILES string of the molecule is C[C@H](c1ccc(Cl)cc1Cl)n1cnc2ccc(N3CCN(C(=O)C4CCCN4C(=O)OC(C)(C)C)CC3)cc21. The van der Waals surface area contributed by atoms with Crippen molar-refractivity contribution in [2.45, 2.75) is 58.2 Å². The summed E-state index contributed by atoms with van der Waals surface area (Å²) < 4.78 is 7.67. The number of hydrogen-bond acceptors (Lipinski definition) is 5. The Hall–Kier alpha value is -2.97. The molecule has 2 aromatic carbocycles. The summed E-state index contributed by atoms with van der Waals surface area (Å²) in [6.45, 7) is 10.8. The lowest BCUT2D eigenvalue weighted by molar-refractivity contribution is -0.136. The number of piperazine rings is 1. The number of carbonyl (C=O) groups is 2. The van der Waals surface area contributed by atoms with E-state index in [2.05, 4.69) is 33.5 Å². The third-order valence-electron chi connectivity index (χ3n) is 7.51. The van der Waals surface area contributed by atoms with Crippen molar-refractivity contribution < 1.29 is 14.3 Å². The number of anilines is 1. The summed E-state index contributed by atoms with van der Waals surface area (Å²) in [7, 11) is 0. The van der Waals surface area contributed by atoms with Crippen molar-refractivity contribution in [2.75, 3.05) is 37.6 Å². The second kappa shape index (κ2) is 10.9. The Morgan fingerprint density at radius 1 is 1.03 bits per heavy atom. The van der Waals surface area contributed by atoms with E-state index in [0.717, 1.165) is 28.7 Å². The van der Waals surface area contributed by atoms with Crippen LogP contribution in [0.3, 0.4) is 0 Å². The first-order valence-electron chi connectivity index (χ1n) is 13.5. The lowest BCUT2D eigenvalue weighted by atomic mass is 10.1. The lowest BCUT2D eigenvalue weighted by Gasteiger charge is -2.38. The number of halogens is 2. The minimum absolute atomic E-state index is 0.0141. The lowest BCUT2D eigenvalue weighted by Crippen LogP contribution is -2.54. The van der Waals surface area contributed by atoms with Crippen LogP contribution in [0.2, 0.25) is 10.0 Å². The van der Waals surface area contributed by atoms with Gasteiger partial charge >= 0.3 is 6.09 Å². The highest BCUT2D eigenvalue weighted by Crippen LogP contribution is 2.32. The van der Waals surface area contributed by atoms with Gasteiger partial charge in [-0.2, -0.15) is 0 Å². The summed E-state index contributed by atoms with van der Waals surface area (Å²) in [5.41, 5.74) is 3.40. The first-order valence-corrected chi connectivity index (χ1v) is 14.2. The van der Waals surface area contributed by atoms with Gasteiger partial charge < -0.3 is 19.1 Å². The molecule has 0 saturated carbocycles. The van der Waals surface area contributed by atoms with Crippen LogP contribution >= 0.6 is 23.2 Å². The molecule has 0 bridgehead atoms. The van der Waals surface area contributed by atoms with Gasteiger partial charge in [-0.3, -0.25) is 9.69 Å². The Morgan fingerprint density at radius 2 is 1.77 bits per heavy atom. The molecule has 0 radical (unpaired) electrons. The van der Waals surface area contributed by atoms with Crippen LogP contribution in [0.25, 0.3) is 11.0 Å². The molecule has 3 heterocycles. The molecule has 208 valence electrons. The second-order valence-electron chi connectivity index (χ2n) is 11.3. The van der Waals surface area contributed by atoms with E-state index in [1.807, 2.05) is 50.2 Å². The molecule has 0 spiro atoms. The fourth-order valence-electron chi connectivity index (χ4n) is 5.47. The van der Waals surface area contributed by atoms with Gasteiger partial charge in [0.15, 0.2) is 0 Å². The van der Waals surface area contributed by atoms with E-state index >= 15 is 0 Å². The minimum Gasteiger partial charge on any atom is -0.444 e. The smallest absolute Gasteiger partial charge is 0.410 e. The van der Waals surface area contributed by atoms with E-state index in [0.29, 0.717) is 49.2 Å². The van der Waals surface area contributed by atoms with Gasteiger partial charge in [0, 0.05) is 48.5 Å². The number of benzene rings is 2. The van der Waals surface area contributed by atoms with Crippen molar-refractivity contribution in [1.82, 2.24) is 19.4 Å². The molecule has 8 nitrogen and oxygen atoms in total. The molecular formula is C29H35Cl2N5O3. The van der Waals surface area contributed by atoms with Crippen molar-refractivity contribution in [1.29, 1.82) is 0 Å². The van der Waals surface area contributed by atoms with Crippen molar-refractivity contribution >= 4 is 51.9 Å². The van der Waals surface area contributed by atoms with Crippen LogP contribution in [0, 0.1) is 0 Å². The number of likely N-dealkylation sites (tertiary alicyclic amines) is 1. The number of carbonyl (C=O) groups excluding carboxylic acids is 2. The van der Waals surface area contributed by atoms with Crippen LogP contribution < -0.4 is 4.90 Å². The number of aromatic nitrogens is 2. The van der Waals surface area contributed by atoms with E-state index in [1.54, 1.807) is 11.0 Å². The largest absolute Gasteiger partial charge is 0.444 e. The summed E-state index contributed by atoms with van der Waals surface area (Å²) in [4.78, 5) is 36.5. The number of ether oxygens (including phenoxy) is 1. The van der Waals surface area contributed by atoms with Crippen LogP contribution in [0.1, 0.15) is 52.1 Å². The fraction of sp³-hybridized carbons (Fsp3) is 0.483. The minimum atomic E-state index is -0.589. The molecular weight excluding hydrogens is 537 g/mol. The molecule has 2 aliphatic heterocycles. The first kappa shape index (κ1) is 27.6. The van der Waals surface area contributed by atoms with Crippen LogP contribution in [0.15, 0.2) is 42.7 Å². The number of fused-ring (bicyclic) bond motifs is 1. The average Bonchev–Trinajstić information content (AvgIpc) is 3.54. The molecule has 3 aromatic rings. The van der Waals surface area contributed by atoms with E-state index in [1.165, 1.54) is 0 Å². The van der Waals surface area contributed by atoms with Crippen LogP contribution in [-0.2, 0) is 9.53 Å². The van der Waals surface area contributed by atoms with Crippen molar-refractivity contribution in [3.05, 3.63) is 58.3 Å². The molecule has 2 amide bonds. The van der Waals surface area contributed by atoms with E-state index in [4.69, 9.17) is 27.9 Å². The van der Waals surface area contributed by atoms with Gasteiger partial charge in [0.1, 0.15) is 11.6 Å². The molecule has 39 heavy (non-hydrogen) atoms. The molecule has 2 fully saturated rings. The Kier molecular flexibility index (Phi) is 7.71. The third kappa shape index (κ3) is 5.82.